The van der Waals surface area contributed by atoms with Gasteiger partial charge in [0.2, 0.25) is 0 Å². The van der Waals surface area contributed by atoms with Crippen LogP contribution in [0.5, 0.6) is 0 Å². The Balaban J connectivity index is 2.89. The van der Waals surface area contributed by atoms with Gasteiger partial charge in [-0.05, 0) is 18.1 Å². The van der Waals surface area contributed by atoms with Crippen molar-refractivity contribution in [2.24, 2.45) is 0 Å². The Morgan fingerprint density at radius 3 is 2.75 bits per heavy atom. The molecule has 0 aliphatic rings. The molecule has 0 bridgehead atoms. The largest absolute Gasteiger partial charge is 0.316 e. The molecular formula is C9H10BrNO. The van der Waals surface area contributed by atoms with Crippen LogP contribution >= 0.6 is 15.9 Å². The fraction of sp³-hybridized carbons (Fsp3) is 0.222. The lowest BCUT2D eigenvalue weighted by atomic mass is 10.1. The Kier molecular flexibility index (Phi) is 3.29. The van der Waals surface area contributed by atoms with Crippen molar-refractivity contribution in [1.82, 2.24) is 0 Å². The topological polar surface area (TPSA) is 29.1 Å². The molecular weight excluding hydrogens is 218 g/mol. The highest BCUT2D eigenvalue weighted by Gasteiger charge is 2.00. The van der Waals surface area contributed by atoms with E-state index in [4.69, 9.17) is 0 Å². The van der Waals surface area contributed by atoms with Gasteiger partial charge in [0.25, 0.3) is 4.82 Å². The smallest absolute Gasteiger partial charge is 0.291 e. The van der Waals surface area contributed by atoms with Crippen LogP contribution in [0.25, 0.3) is 0 Å². The van der Waals surface area contributed by atoms with Crippen molar-refractivity contribution in [3.63, 3.8) is 0 Å². The Bertz CT molecular complexity index is 286. The number of para-hydroxylation sites is 1. The summed E-state index contributed by atoms with van der Waals surface area (Å²) in [5, 5.41) is 2.70. The minimum absolute atomic E-state index is 0.205. The average Bonchev–Trinajstić information content (AvgIpc) is 2.04. The summed E-state index contributed by atoms with van der Waals surface area (Å²) in [4.78, 5) is 10.5. The third kappa shape index (κ3) is 2.34. The average molecular weight is 228 g/mol. The van der Waals surface area contributed by atoms with Crippen LogP contribution in [-0.4, -0.2) is 4.82 Å². The van der Waals surface area contributed by atoms with Crippen molar-refractivity contribution < 1.29 is 4.79 Å². The van der Waals surface area contributed by atoms with Gasteiger partial charge in [-0.25, -0.2) is 0 Å². The Morgan fingerprint density at radius 2 is 2.17 bits per heavy atom. The molecule has 1 rings (SSSR count). The third-order valence-corrected chi connectivity index (χ3v) is 1.83. The summed E-state index contributed by atoms with van der Waals surface area (Å²) in [5.41, 5.74) is 2.02. The molecule has 1 aromatic rings. The van der Waals surface area contributed by atoms with Crippen LogP contribution in [0, 0.1) is 0 Å². The SMILES string of the molecule is CCc1ccccc1NC(=O)Br. The maximum absolute atomic E-state index is 10.7. The molecule has 0 saturated heterocycles. The van der Waals surface area contributed by atoms with Gasteiger partial charge in [0.1, 0.15) is 0 Å². The molecule has 0 aromatic heterocycles. The van der Waals surface area contributed by atoms with E-state index in [0.29, 0.717) is 0 Å². The maximum Gasteiger partial charge on any atom is 0.291 e. The number of benzene rings is 1. The summed E-state index contributed by atoms with van der Waals surface area (Å²) in [6, 6.07) is 7.75. The van der Waals surface area contributed by atoms with Crippen LogP contribution < -0.4 is 5.32 Å². The number of carbonyl (C=O) groups excluding carboxylic acids is 1. The molecule has 0 spiro atoms. The predicted octanol–water partition coefficient (Wildman–Crippen LogP) is 3.18. The molecule has 0 radical (unpaired) electrons. The summed E-state index contributed by atoms with van der Waals surface area (Å²) in [7, 11) is 0. The fourth-order valence-corrected chi connectivity index (χ4v) is 1.27. The van der Waals surface area contributed by atoms with Crippen molar-refractivity contribution >= 4 is 26.4 Å². The Labute approximate surface area is 80.1 Å². The highest BCUT2D eigenvalue weighted by Crippen LogP contribution is 2.15. The second kappa shape index (κ2) is 4.26. The molecule has 1 amide bonds. The van der Waals surface area contributed by atoms with E-state index >= 15 is 0 Å². The van der Waals surface area contributed by atoms with Crippen molar-refractivity contribution in [2.45, 2.75) is 13.3 Å². The van der Waals surface area contributed by atoms with Crippen LogP contribution in [0.3, 0.4) is 0 Å². The monoisotopic (exact) mass is 227 g/mol. The van der Waals surface area contributed by atoms with E-state index < -0.39 is 0 Å². The molecule has 1 aromatic carbocycles. The van der Waals surface area contributed by atoms with E-state index in [1.54, 1.807) is 0 Å². The summed E-state index contributed by atoms with van der Waals surface area (Å²) in [6.07, 6.45) is 0.920. The zero-order chi connectivity index (χ0) is 8.97. The Hall–Kier alpha value is -0.830. The highest BCUT2D eigenvalue weighted by atomic mass is 79.9. The molecule has 1 N–H and O–H groups in total. The number of amides is 1. The molecule has 2 nitrogen and oxygen atoms in total. The van der Waals surface area contributed by atoms with Gasteiger partial charge in [0.15, 0.2) is 0 Å². The summed E-state index contributed by atoms with van der Waals surface area (Å²) in [6.45, 7) is 2.05. The van der Waals surface area contributed by atoms with Crippen LogP contribution in [0.4, 0.5) is 10.5 Å². The van der Waals surface area contributed by atoms with E-state index in [2.05, 4.69) is 28.2 Å². The summed E-state index contributed by atoms with van der Waals surface area (Å²) in [5.74, 6) is 0. The van der Waals surface area contributed by atoms with Crippen molar-refractivity contribution in [2.75, 3.05) is 5.32 Å². The van der Waals surface area contributed by atoms with Crippen molar-refractivity contribution in [1.29, 1.82) is 0 Å². The lowest BCUT2D eigenvalue weighted by Crippen LogP contribution is -2.02. The van der Waals surface area contributed by atoms with Gasteiger partial charge in [0.05, 0.1) is 0 Å². The van der Waals surface area contributed by atoms with E-state index in [-0.39, 0.29) is 4.82 Å². The molecule has 64 valence electrons. The molecule has 3 heteroatoms. The van der Waals surface area contributed by atoms with E-state index in [1.165, 1.54) is 0 Å². The van der Waals surface area contributed by atoms with Gasteiger partial charge < -0.3 is 5.32 Å². The lowest BCUT2D eigenvalue weighted by Gasteiger charge is -2.05. The zero-order valence-electron chi connectivity index (χ0n) is 6.80. The first-order valence-corrected chi connectivity index (χ1v) is 4.57. The molecule has 12 heavy (non-hydrogen) atoms. The van der Waals surface area contributed by atoms with Crippen molar-refractivity contribution in [3.8, 4) is 0 Å². The number of hydrogen-bond acceptors (Lipinski definition) is 1. The van der Waals surface area contributed by atoms with Gasteiger partial charge in [0, 0.05) is 21.6 Å². The molecule has 0 atom stereocenters. The Morgan fingerprint density at radius 1 is 1.50 bits per heavy atom. The van der Waals surface area contributed by atoms with E-state index in [1.807, 2.05) is 24.3 Å². The normalized spacial score (nSPS) is 9.50. The molecule has 0 heterocycles. The number of hydrogen-bond donors (Lipinski definition) is 1. The maximum atomic E-state index is 10.7. The molecule has 0 aliphatic carbocycles. The molecule has 0 saturated carbocycles. The summed E-state index contributed by atoms with van der Waals surface area (Å²) < 4.78 is 0. The first-order valence-electron chi connectivity index (χ1n) is 3.78. The van der Waals surface area contributed by atoms with Crippen molar-refractivity contribution in [3.05, 3.63) is 29.8 Å². The van der Waals surface area contributed by atoms with E-state index in [0.717, 1.165) is 17.7 Å². The molecule has 0 fully saturated rings. The van der Waals surface area contributed by atoms with E-state index in [9.17, 15) is 4.79 Å². The lowest BCUT2D eigenvalue weighted by molar-refractivity contribution is 0.270. The fourth-order valence-electron chi connectivity index (χ4n) is 1.06. The van der Waals surface area contributed by atoms with Gasteiger partial charge in [-0.2, -0.15) is 0 Å². The number of anilines is 1. The first-order chi connectivity index (χ1) is 5.74. The van der Waals surface area contributed by atoms with Crippen LogP contribution in [0.2, 0.25) is 0 Å². The third-order valence-electron chi connectivity index (χ3n) is 1.63. The zero-order valence-corrected chi connectivity index (χ0v) is 8.39. The van der Waals surface area contributed by atoms with Gasteiger partial charge >= 0.3 is 0 Å². The quantitative estimate of drug-likeness (QED) is 0.611. The number of rotatable bonds is 2. The van der Waals surface area contributed by atoms with Crippen LogP contribution in [0.15, 0.2) is 24.3 Å². The second-order valence-corrected chi connectivity index (χ2v) is 3.13. The van der Waals surface area contributed by atoms with Gasteiger partial charge in [-0.1, -0.05) is 25.1 Å². The van der Waals surface area contributed by atoms with Crippen LogP contribution in [0.1, 0.15) is 12.5 Å². The molecule has 0 aliphatic heterocycles. The molecule has 0 unspecified atom stereocenters. The van der Waals surface area contributed by atoms with Gasteiger partial charge in [-0.3, -0.25) is 4.79 Å². The highest BCUT2D eigenvalue weighted by molar-refractivity contribution is 9.18. The minimum atomic E-state index is -0.205. The van der Waals surface area contributed by atoms with Gasteiger partial charge in [-0.15, -0.1) is 0 Å². The number of nitrogens with one attached hydrogen (secondary N) is 1. The number of aryl methyl sites for hydroxylation is 1. The number of carbonyl (C=O) groups is 1. The predicted molar refractivity (Wildman–Crippen MR) is 53.8 cm³/mol. The van der Waals surface area contributed by atoms with Crippen LogP contribution in [-0.2, 0) is 6.42 Å². The second-order valence-electron chi connectivity index (χ2n) is 2.41. The number of halogens is 1. The standard InChI is InChI=1S/C9H10BrNO/c1-2-7-5-3-4-6-8(7)11-9(10)12/h3-6H,2H2,1H3,(H,11,12). The first kappa shape index (κ1) is 9.26. The minimum Gasteiger partial charge on any atom is -0.316 e. The summed E-state index contributed by atoms with van der Waals surface area (Å²) >= 11 is 2.82.